The van der Waals surface area contributed by atoms with Crippen LogP contribution in [-0.4, -0.2) is 58.1 Å². The van der Waals surface area contributed by atoms with Crippen LogP contribution in [0.5, 0.6) is 5.75 Å². The molecular weight excluding hydrogens is 354 g/mol. The van der Waals surface area contributed by atoms with E-state index in [1.54, 1.807) is 11.0 Å². The van der Waals surface area contributed by atoms with Crippen LogP contribution in [0.25, 0.3) is 0 Å². The van der Waals surface area contributed by atoms with Crippen molar-refractivity contribution in [1.82, 2.24) is 9.62 Å². The van der Waals surface area contributed by atoms with E-state index in [4.69, 9.17) is 4.74 Å². The van der Waals surface area contributed by atoms with Crippen molar-refractivity contribution in [2.24, 2.45) is 0 Å². The summed E-state index contributed by atoms with van der Waals surface area (Å²) in [6.45, 7) is 11.1. The first-order valence-electron chi connectivity index (χ1n) is 9.09. The lowest BCUT2D eigenvalue weighted by Gasteiger charge is -2.33. The molecule has 0 aromatic heterocycles. The average molecular weight is 384 g/mol. The summed E-state index contributed by atoms with van der Waals surface area (Å²) in [6.07, 6.45) is 0.610. The van der Waals surface area contributed by atoms with E-state index < -0.39 is 10.0 Å². The number of anilines is 1. The summed E-state index contributed by atoms with van der Waals surface area (Å²) in [4.78, 5) is 15.8. The first-order valence-corrected chi connectivity index (χ1v) is 10.6. The van der Waals surface area contributed by atoms with E-state index in [2.05, 4.69) is 23.5 Å². The van der Waals surface area contributed by atoms with Gasteiger partial charge in [0.05, 0.1) is 17.1 Å². The van der Waals surface area contributed by atoms with Crippen LogP contribution < -0.4 is 14.4 Å². The number of hydrogen-bond donors (Lipinski definition) is 1. The van der Waals surface area contributed by atoms with Crippen LogP contribution in [0.15, 0.2) is 23.1 Å². The Balaban J connectivity index is 2.10. The van der Waals surface area contributed by atoms with Crippen molar-refractivity contribution in [3.05, 3.63) is 18.2 Å². The van der Waals surface area contributed by atoms with Gasteiger partial charge in [0.1, 0.15) is 11.9 Å². The Morgan fingerprint density at radius 2 is 2.04 bits per heavy atom. The highest BCUT2D eigenvalue weighted by Crippen LogP contribution is 2.35. The van der Waals surface area contributed by atoms with Gasteiger partial charge in [0.2, 0.25) is 15.9 Å². The van der Waals surface area contributed by atoms with Crippen molar-refractivity contribution in [1.29, 1.82) is 0 Å². The Hall–Kier alpha value is -1.64. The van der Waals surface area contributed by atoms with E-state index in [1.807, 2.05) is 6.92 Å². The Morgan fingerprint density at radius 3 is 2.65 bits per heavy atom. The van der Waals surface area contributed by atoms with E-state index >= 15 is 0 Å². The number of fused-ring (bicyclic) bond motifs is 1. The van der Waals surface area contributed by atoms with E-state index in [-0.39, 0.29) is 16.9 Å². The number of ether oxygens (including phenoxy) is 1. The maximum atomic E-state index is 12.6. The molecule has 1 amide bonds. The Morgan fingerprint density at radius 1 is 1.35 bits per heavy atom. The van der Waals surface area contributed by atoms with Crippen LogP contribution in [0.4, 0.5) is 5.69 Å². The second-order valence-electron chi connectivity index (χ2n) is 6.47. The molecule has 1 unspecified atom stereocenters. The minimum Gasteiger partial charge on any atom is -0.487 e. The van der Waals surface area contributed by atoms with Crippen molar-refractivity contribution in [2.45, 2.75) is 45.1 Å². The normalized spacial score (nSPS) is 17.1. The van der Waals surface area contributed by atoms with E-state index in [9.17, 15) is 13.2 Å². The van der Waals surface area contributed by atoms with Gasteiger partial charge in [-0.05, 0) is 51.2 Å². The first kappa shape index (κ1) is 20.7. The lowest BCUT2D eigenvalue weighted by atomic mass is 10.2. The van der Waals surface area contributed by atoms with Gasteiger partial charge in [-0.3, -0.25) is 4.79 Å². The van der Waals surface area contributed by atoms with Crippen LogP contribution in [0, 0.1) is 0 Å². The molecule has 8 heteroatoms. The third-order valence-electron chi connectivity index (χ3n) is 4.52. The predicted molar refractivity (Wildman–Crippen MR) is 102 cm³/mol. The van der Waals surface area contributed by atoms with Crippen LogP contribution in [0.3, 0.4) is 0 Å². The molecule has 0 spiro atoms. The topological polar surface area (TPSA) is 79.0 Å². The van der Waals surface area contributed by atoms with Crippen LogP contribution >= 0.6 is 0 Å². The summed E-state index contributed by atoms with van der Waals surface area (Å²) in [7, 11) is -3.63. The SMILES string of the molecule is CCN(CC)CCCNS(=O)(=O)c1ccc2c(c1)N(C(C)=O)CC(C)O2. The van der Waals surface area contributed by atoms with Gasteiger partial charge in [-0.2, -0.15) is 0 Å². The van der Waals surface area contributed by atoms with Gasteiger partial charge in [-0.25, -0.2) is 13.1 Å². The highest BCUT2D eigenvalue weighted by atomic mass is 32.2. The largest absolute Gasteiger partial charge is 0.487 e. The summed E-state index contributed by atoms with van der Waals surface area (Å²) in [5.74, 6) is 0.391. The van der Waals surface area contributed by atoms with Gasteiger partial charge >= 0.3 is 0 Å². The number of benzene rings is 1. The second kappa shape index (κ2) is 8.83. The van der Waals surface area contributed by atoms with Crippen molar-refractivity contribution in [3.8, 4) is 5.75 Å². The zero-order valence-electron chi connectivity index (χ0n) is 16.0. The van der Waals surface area contributed by atoms with Crippen LogP contribution in [0.1, 0.15) is 34.1 Å². The molecule has 2 rings (SSSR count). The molecule has 1 atom stereocenters. The Labute approximate surface area is 156 Å². The van der Waals surface area contributed by atoms with E-state index in [0.29, 0.717) is 24.5 Å². The van der Waals surface area contributed by atoms with Gasteiger partial charge < -0.3 is 14.5 Å². The minimum atomic E-state index is -3.63. The van der Waals surface area contributed by atoms with Crippen molar-refractivity contribution < 1.29 is 17.9 Å². The van der Waals surface area contributed by atoms with Crippen molar-refractivity contribution in [3.63, 3.8) is 0 Å². The molecule has 1 aliphatic rings. The van der Waals surface area contributed by atoms with Gasteiger partial charge in [0.15, 0.2) is 0 Å². The van der Waals surface area contributed by atoms with Gasteiger partial charge in [-0.15, -0.1) is 0 Å². The van der Waals surface area contributed by atoms with Gasteiger partial charge in [0, 0.05) is 13.5 Å². The number of hydrogen-bond acceptors (Lipinski definition) is 5. The van der Waals surface area contributed by atoms with Crippen molar-refractivity contribution >= 4 is 21.6 Å². The van der Waals surface area contributed by atoms with Gasteiger partial charge in [0.25, 0.3) is 0 Å². The smallest absolute Gasteiger partial charge is 0.240 e. The Bertz CT molecular complexity index is 732. The van der Waals surface area contributed by atoms with Crippen molar-refractivity contribution in [2.75, 3.05) is 37.6 Å². The van der Waals surface area contributed by atoms with Crippen LogP contribution in [-0.2, 0) is 14.8 Å². The number of nitrogens with zero attached hydrogens (tertiary/aromatic N) is 2. The fraction of sp³-hybridized carbons (Fsp3) is 0.611. The molecule has 146 valence electrons. The molecule has 0 saturated heterocycles. The molecule has 0 aliphatic carbocycles. The highest BCUT2D eigenvalue weighted by Gasteiger charge is 2.27. The van der Waals surface area contributed by atoms with Gasteiger partial charge in [-0.1, -0.05) is 13.8 Å². The molecule has 0 radical (unpaired) electrons. The summed E-state index contributed by atoms with van der Waals surface area (Å²) < 4.78 is 33.5. The lowest BCUT2D eigenvalue weighted by molar-refractivity contribution is -0.117. The molecule has 1 aromatic rings. The van der Waals surface area contributed by atoms with E-state index in [1.165, 1.54) is 19.1 Å². The molecule has 0 fully saturated rings. The monoisotopic (exact) mass is 383 g/mol. The van der Waals surface area contributed by atoms with Crippen LogP contribution in [0.2, 0.25) is 0 Å². The quantitative estimate of drug-likeness (QED) is 0.693. The molecule has 1 aromatic carbocycles. The van der Waals surface area contributed by atoms with E-state index in [0.717, 1.165) is 26.1 Å². The number of carbonyl (C=O) groups excluding carboxylic acids is 1. The summed E-state index contributed by atoms with van der Waals surface area (Å²) in [6, 6.07) is 4.64. The highest BCUT2D eigenvalue weighted by molar-refractivity contribution is 7.89. The summed E-state index contributed by atoms with van der Waals surface area (Å²) in [5.41, 5.74) is 0.501. The number of carbonyl (C=O) groups is 1. The molecule has 1 aliphatic heterocycles. The Kier molecular flexibility index (Phi) is 7.02. The fourth-order valence-corrected chi connectivity index (χ4v) is 4.11. The summed E-state index contributed by atoms with van der Waals surface area (Å²) in [5, 5.41) is 0. The number of rotatable bonds is 8. The molecule has 26 heavy (non-hydrogen) atoms. The molecule has 0 bridgehead atoms. The second-order valence-corrected chi connectivity index (χ2v) is 8.23. The maximum Gasteiger partial charge on any atom is 0.240 e. The first-order chi connectivity index (χ1) is 12.3. The molecular formula is C18H29N3O4S. The molecule has 0 saturated carbocycles. The number of amides is 1. The zero-order valence-corrected chi connectivity index (χ0v) is 16.8. The fourth-order valence-electron chi connectivity index (χ4n) is 3.01. The third kappa shape index (κ3) is 4.96. The number of sulfonamides is 1. The average Bonchev–Trinajstić information content (AvgIpc) is 2.60. The zero-order chi connectivity index (χ0) is 19.3. The molecule has 1 heterocycles. The minimum absolute atomic E-state index is 0.132. The predicted octanol–water partition coefficient (Wildman–Crippen LogP) is 1.83. The number of nitrogens with one attached hydrogen (secondary N) is 1. The lowest BCUT2D eigenvalue weighted by Crippen LogP contribution is -2.41. The molecule has 1 N–H and O–H groups in total. The molecule has 7 nitrogen and oxygen atoms in total. The standard InChI is InChI=1S/C18H29N3O4S/c1-5-20(6-2)11-7-10-19-26(23,24)16-8-9-18-17(12-16)21(15(4)22)13-14(3)25-18/h8-9,12,14,19H,5-7,10-11,13H2,1-4H3. The summed E-state index contributed by atoms with van der Waals surface area (Å²) >= 11 is 0. The maximum absolute atomic E-state index is 12.6. The third-order valence-corrected chi connectivity index (χ3v) is 5.98.